The van der Waals surface area contributed by atoms with Crippen LogP contribution in [-0.4, -0.2) is 0 Å². The van der Waals surface area contributed by atoms with Gasteiger partial charge >= 0.3 is 0 Å². The van der Waals surface area contributed by atoms with E-state index in [1.807, 2.05) is 22.7 Å². The van der Waals surface area contributed by atoms with Gasteiger partial charge in [-0.1, -0.05) is 18.2 Å². The molecule has 0 saturated carbocycles. The summed E-state index contributed by atoms with van der Waals surface area (Å²) in [6, 6.07) is 16.1. The largest absolute Gasteiger partial charge is 0.302 e. The van der Waals surface area contributed by atoms with Crippen LogP contribution in [0.2, 0.25) is 0 Å². The number of hydrogen-bond acceptors (Lipinski definition) is 3. The Balaban J connectivity index is 1.76. The van der Waals surface area contributed by atoms with Crippen molar-refractivity contribution < 1.29 is 0 Å². The monoisotopic (exact) mass is 301 g/mol. The van der Waals surface area contributed by atoms with Crippen molar-refractivity contribution in [1.82, 2.24) is 5.32 Å². The van der Waals surface area contributed by atoms with Crippen LogP contribution in [0.4, 0.5) is 0 Å². The summed E-state index contributed by atoms with van der Waals surface area (Å²) in [6.07, 6.45) is 0. The summed E-state index contributed by atoms with van der Waals surface area (Å²) in [7, 11) is 0. The maximum atomic E-state index is 3.71. The topological polar surface area (TPSA) is 12.0 Å². The fraction of sp³-hybridized carbons (Fsp3) is 0.294. The molecule has 0 bridgehead atoms. The molecule has 2 atom stereocenters. The lowest BCUT2D eigenvalue weighted by molar-refractivity contribution is 0.506. The first-order valence-corrected chi connectivity index (χ1v) is 8.57. The van der Waals surface area contributed by atoms with Gasteiger partial charge in [-0.3, -0.25) is 0 Å². The number of benzene rings is 1. The Morgan fingerprint density at radius 3 is 2.35 bits per heavy atom. The van der Waals surface area contributed by atoms with Gasteiger partial charge < -0.3 is 5.32 Å². The van der Waals surface area contributed by atoms with E-state index in [2.05, 4.69) is 68.6 Å². The molecule has 3 aromatic rings. The Labute approximate surface area is 128 Å². The normalized spacial score (nSPS) is 14.6. The standard InChI is InChI=1S/C17H19NS2/c1-11-8-9-15(19-11)12(2)18-13(3)17-10-14-6-4-5-7-16(14)20-17/h4-10,12-13,18H,1-3H3. The molecule has 0 radical (unpaired) electrons. The highest BCUT2D eigenvalue weighted by atomic mass is 32.1. The van der Waals surface area contributed by atoms with E-state index in [-0.39, 0.29) is 0 Å². The lowest BCUT2D eigenvalue weighted by Crippen LogP contribution is -2.20. The van der Waals surface area contributed by atoms with Crippen molar-refractivity contribution in [2.24, 2.45) is 0 Å². The first-order chi connectivity index (χ1) is 9.63. The minimum Gasteiger partial charge on any atom is -0.302 e. The minimum absolute atomic E-state index is 0.379. The second-order valence-corrected chi connectivity index (χ2v) is 7.68. The molecule has 0 amide bonds. The predicted molar refractivity (Wildman–Crippen MR) is 90.8 cm³/mol. The summed E-state index contributed by atoms with van der Waals surface area (Å²) in [6.45, 7) is 6.66. The molecule has 1 N–H and O–H groups in total. The molecule has 0 aliphatic heterocycles. The third kappa shape index (κ3) is 2.80. The van der Waals surface area contributed by atoms with Crippen LogP contribution in [0.15, 0.2) is 42.5 Å². The second kappa shape index (κ2) is 5.68. The number of aryl methyl sites for hydroxylation is 1. The zero-order valence-electron chi connectivity index (χ0n) is 12.0. The Bertz CT molecular complexity index is 677. The average molecular weight is 301 g/mol. The summed E-state index contributed by atoms with van der Waals surface area (Å²) in [4.78, 5) is 4.20. The SMILES string of the molecule is Cc1ccc(C(C)NC(C)c2cc3ccccc3s2)s1. The lowest BCUT2D eigenvalue weighted by atomic mass is 10.2. The summed E-state index contributed by atoms with van der Waals surface area (Å²) < 4.78 is 1.37. The molecule has 0 fully saturated rings. The van der Waals surface area contributed by atoms with Gasteiger partial charge in [0.25, 0.3) is 0 Å². The fourth-order valence-electron chi connectivity index (χ4n) is 2.44. The molecule has 20 heavy (non-hydrogen) atoms. The zero-order valence-corrected chi connectivity index (χ0v) is 13.6. The van der Waals surface area contributed by atoms with Gasteiger partial charge in [-0.2, -0.15) is 0 Å². The number of nitrogens with one attached hydrogen (secondary N) is 1. The molecule has 2 unspecified atom stereocenters. The van der Waals surface area contributed by atoms with Crippen LogP contribution in [0.5, 0.6) is 0 Å². The Morgan fingerprint density at radius 1 is 0.900 bits per heavy atom. The van der Waals surface area contributed by atoms with E-state index in [0.717, 1.165) is 0 Å². The van der Waals surface area contributed by atoms with Crippen molar-refractivity contribution in [3.8, 4) is 0 Å². The van der Waals surface area contributed by atoms with E-state index >= 15 is 0 Å². The second-order valence-electron chi connectivity index (χ2n) is 5.25. The highest BCUT2D eigenvalue weighted by Gasteiger charge is 2.14. The molecular weight excluding hydrogens is 282 g/mol. The van der Waals surface area contributed by atoms with Crippen molar-refractivity contribution in [2.45, 2.75) is 32.9 Å². The number of rotatable bonds is 4. The van der Waals surface area contributed by atoms with E-state index in [4.69, 9.17) is 0 Å². The smallest absolute Gasteiger partial charge is 0.0391 e. The van der Waals surface area contributed by atoms with Crippen molar-refractivity contribution in [2.75, 3.05) is 0 Å². The molecule has 104 valence electrons. The molecule has 3 rings (SSSR count). The number of fused-ring (bicyclic) bond motifs is 1. The van der Waals surface area contributed by atoms with Gasteiger partial charge in [0.2, 0.25) is 0 Å². The van der Waals surface area contributed by atoms with E-state index in [9.17, 15) is 0 Å². The molecule has 0 aliphatic carbocycles. The van der Waals surface area contributed by atoms with Crippen molar-refractivity contribution in [1.29, 1.82) is 0 Å². The van der Waals surface area contributed by atoms with Gasteiger partial charge in [-0.05, 0) is 50.4 Å². The van der Waals surface area contributed by atoms with E-state index < -0.39 is 0 Å². The molecule has 3 heteroatoms. The summed E-state index contributed by atoms with van der Waals surface area (Å²) in [5.74, 6) is 0. The van der Waals surface area contributed by atoms with Gasteiger partial charge in [-0.25, -0.2) is 0 Å². The van der Waals surface area contributed by atoms with Crippen LogP contribution in [0.1, 0.15) is 40.6 Å². The van der Waals surface area contributed by atoms with Gasteiger partial charge in [0.15, 0.2) is 0 Å². The van der Waals surface area contributed by atoms with E-state index in [1.165, 1.54) is 24.7 Å². The molecule has 2 heterocycles. The highest BCUT2D eigenvalue weighted by molar-refractivity contribution is 7.19. The quantitative estimate of drug-likeness (QED) is 0.653. The Morgan fingerprint density at radius 2 is 1.65 bits per heavy atom. The van der Waals surface area contributed by atoms with Gasteiger partial charge in [0.05, 0.1) is 0 Å². The Hall–Kier alpha value is -1.16. The number of hydrogen-bond donors (Lipinski definition) is 1. The molecule has 1 nitrogen and oxygen atoms in total. The Kier molecular flexibility index (Phi) is 3.92. The molecule has 1 aromatic carbocycles. The van der Waals surface area contributed by atoms with Crippen molar-refractivity contribution in [3.05, 3.63) is 57.1 Å². The first kappa shape index (κ1) is 13.8. The molecule has 0 saturated heterocycles. The van der Waals surface area contributed by atoms with E-state index in [1.54, 1.807) is 0 Å². The van der Waals surface area contributed by atoms with Crippen LogP contribution < -0.4 is 5.32 Å². The molecule has 2 aromatic heterocycles. The number of thiophene rings is 2. The third-order valence-electron chi connectivity index (χ3n) is 3.56. The lowest BCUT2D eigenvalue weighted by Gasteiger charge is -2.18. The third-order valence-corrected chi connectivity index (χ3v) is 6.04. The van der Waals surface area contributed by atoms with Gasteiger partial charge in [-0.15, -0.1) is 22.7 Å². The minimum atomic E-state index is 0.379. The summed E-state index contributed by atoms with van der Waals surface area (Å²) in [5.41, 5.74) is 0. The van der Waals surface area contributed by atoms with Crippen molar-refractivity contribution in [3.63, 3.8) is 0 Å². The predicted octanol–water partition coefficient (Wildman–Crippen LogP) is 5.68. The van der Waals surface area contributed by atoms with Crippen LogP contribution in [0.3, 0.4) is 0 Å². The van der Waals surface area contributed by atoms with E-state index in [0.29, 0.717) is 12.1 Å². The van der Waals surface area contributed by atoms with Crippen LogP contribution >= 0.6 is 22.7 Å². The van der Waals surface area contributed by atoms with Crippen molar-refractivity contribution >= 4 is 32.8 Å². The average Bonchev–Trinajstić information content (AvgIpc) is 3.04. The molecular formula is C17H19NS2. The molecule has 0 aliphatic rings. The van der Waals surface area contributed by atoms with Crippen LogP contribution in [-0.2, 0) is 0 Å². The zero-order chi connectivity index (χ0) is 14.1. The van der Waals surface area contributed by atoms with Crippen LogP contribution in [0.25, 0.3) is 10.1 Å². The van der Waals surface area contributed by atoms with Crippen LogP contribution in [0, 0.1) is 6.92 Å². The van der Waals surface area contributed by atoms with Gasteiger partial charge in [0.1, 0.15) is 0 Å². The molecule has 0 spiro atoms. The highest BCUT2D eigenvalue weighted by Crippen LogP contribution is 2.31. The maximum Gasteiger partial charge on any atom is 0.0391 e. The van der Waals surface area contributed by atoms with Gasteiger partial charge in [0, 0.05) is 31.4 Å². The summed E-state index contributed by atoms with van der Waals surface area (Å²) >= 11 is 3.77. The first-order valence-electron chi connectivity index (χ1n) is 6.94. The summed E-state index contributed by atoms with van der Waals surface area (Å²) in [5, 5.41) is 5.06. The maximum absolute atomic E-state index is 3.71. The fourth-order valence-corrected chi connectivity index (χ4v) is 4.41.